The number of nitrogens with two attached hydrogens (primary N) is 1. The normalized spacial score (nSPS) is 20.2. The smallest absolute Gasteiger partial charge is 0.280 e. The lowest BCUT2D eigenvalue weighted by molar-refractivity contribution is -0.136. The number of likely N-dealkylation sites (tertiary alicyclic amines) is 1. The van der Waals surface area contributed by atoms with E-state index in [-0.39, 0.29) is 52.3 Å². The van der Waals surface area contributed by atoms with Crippen LogP contribution >= 0.6 is 0 Å². The van der Waals surface area contributed by atoms with Crippen molar-refractivity contribution >= 4 is 35.0 Å². The number of carbonyl (C=O) groups is 4. The lowest BCUT2D eigenvalue weighted by Crippen LogP contribution is -2.62. The number of anilines is 1. The average molecular weight is 754 g/mol. The Balaban J connectivity index is 0.897. The Kier molecular flexibility index (Phi) is 9.54. The molecule has 3 saturated heterocycles. The number of amides is 4. The van der Waals surface area contributed by atoms with Gasteiger partial charge in [-0.15, -0.1) is 0 Å². The molecule has 1 aromatic carbocycles. The zero-order valence-corrected chi connectivity index (χ0v) is 31.0. The van der Waals surface area contributed by atoms with Crippen molar-refractivity contribution in [1.29, 1.82) is 0 Å². The second-order valence-electron chi connectivity index (χ2n) is 16.0. The van der Waals surface area contributed by atoms with Crippen LogP contribution in [0.15, 0.2) is 54.7 Å². The summed E-state index contributed by atoms with van der Waals surface area (Å²) in [5.41, 5.74) is 9.78. The number of halogens is 2. The first-order valence-electron chi connectivity index (χ1n) is 19.1. The molecule has 55 heavy (non-hydrogen) atoms. The van der Waals surface area contributed by atoms with Gasteiger partial charge in [0, 0.05) is 68.3 Å². The molecule has 1 unspecified atom stereocenters. The molecule has 6 heterocycles. The predicted molar refractivity (Wildman–Crippen MR) is 200 cm³/mol. The third kappa shape index (κ3) is 7.14. The molecule has 3 N–H and O–H groups in total. The summed E-state index contributed by atoms with van der Waals surface area (Å²) in [4.78, 5) is 63.3. The van der Waals surface area contributed by atoms with E-state index >= 15 is 0 Å². The van der Waals surface area contributed by atoms with Crippen LogP contribution in [-0.4, -0.2) is 75.2 Å². The molecule has 12 nitrogen and oxygen atoms in total. The molecule has 1 saturated carbocycles. The number of nitrogens with one attached hydrogen (secondary N) is 1. The van der Waals surface area contributed by atoms with E-state index in [0.717, 1.165) is 37.2 Å². The van der Waals surface area contributed by atoms with Crippen molar-refractivity contribution in [3.05, 3.63) is 77.2 Å². The highest BCUT2D eigenvalue weighted by molar-refractivity contribution is 6.01. The molecule has 4 fully saturated rings. The summed E-state index contributed by atoms with van der Waals surface area (Å²) in [7, 11) is 0. The fourth-order valence-electron chi connectivity index (χ4n) is 9.09. The lowest BCUT2D eigenvalue weighted by Gasteiger charge is -2.60. The van der Waals surface area contributed by atoms with E-state index in [2.05, 4.69) is 27.3 Å². The third-order valence-corrected chi connectivity index (χ3v) is 11.7. The van der Waals surface area contributed by atoms with Crippen molar-refractivity contribution in [2.45, 2.75) is 83.2 Å². The van der Waals surface area contributed by atoms with E-state index in [0.29, 0.717) is 79.6 Å². The number of aromatic nitrogens is 3. The molecule has 3 aliphatic heterocycles. The van der Waals surface area contributed by atoms with Crippen LogP contribution in [0.4, 0.5) is 14.5 Å². The third-order valence-electron chi connectivity index (χ3n) is 11.7. The summed E-state index contributed by atoms with van der Waals surface area (Å²) in [6.07, 6.45) is 3.28. The fraction of sp³-hybridized carbons (Fsp3) is 0.463. The van der Waals surface area contributed by atoms with Gasteiger partial charge in [0.25, 0.3) is 12.3 Å². The van der Waals surface area contributed by atoms with Crippen LogP contribution < -0.4 is 20.7 Å². The highest BCUT2D eigenvalue weighted by Gasteiger charge is 2.52. The van der Waals surface area contributed by atoms with Crippen LogP contribution in [0.2, 0.25) is 0 Å². The number of imidazole rings is 1. The number of fused-ring (bicyclic) bond motifs is 1. The number of imide groups is 1. The molecule has 0 radical (unpaired) electrons. The Labute approximate surface area is 317 Å². The van der Waals surface area contributed by atoms with Gasteiger partial charge < -0.3 is 20.3 Å². The highest BCUT2D eigenvalue weighted by atomic mass is 19.3. The Morgan fingerprint density at radius 2 is 1.75 bits per heavy atom. The molecular weight excluding hydrogens is 708 g/mol. The number of alkyl halides is 2. The molecule has 4 aromatic rings. The van der Waals surface area contributed by atoms with Gasteiger partial charge in [-0.2, -0.15) is 0 Å². The number of rotatable bonds is 10. The zero-order valence-electron chi connectivity index (χ0n) is 31.0. The van der Waals surface area contributed by atoms with Crippen LogP contribution in [-0.2, 0) is 14.4 Å². The topological polar surface area (TPSA) is 152 Å². The highest BCUT2D eigenvalue weighted by Crippen LogP contribution is 2.54. The molecule has 288 valence electrons. The number of nitrogens with zero attached hydrogens (tertiary/aromatic N) is 5. The molecule has 14 heteroatoms. The summed E-state index contributed by atoms with van der Waals surface area (Å²) in [6, 6.07) is 14.2. The maximum Gasteiger partial charge on any atom is 0.280 e. The predicted octanol–water partition coefficient (Wildman–Crippen LogP) is 5.75. The lowest BCUT2D eigenvalue weighted by atomic mass is 9.57. The first-order chi connectivity index (χ1) is 26.4. The quantitative estimate of drug-likeness (QED) is 0.194. The van der Waals surface area contributed by atoms with Crippen LogP contribution in [0, 0.1) is 11.3 Å². The maximum atomic E-state index is 13.8. The van der Waals surface area contributed by atoms with Crippen molar-refractivity contribution in [3.8, 4) is 17.1 Å². The van der Waals surface area contributed by atoms with E-state index in [1.54, 1.807) is 22.7 Å². The number of primary amides is 1. The minimum Gasteiger partial charge on any atom is -0.490 e. The number of carbonyl (C=O) groups excluding carboxylic acids is 4. The van der Waals surface area contributed by atoms with Crippen LogP contribution in [0.3, 0.4) is 0 Å². The average Bonchev–Trinajstić information content (AvgIpc) is 3.50. The number of hydrogen-bond donors (Lipinski definition) is 2. The van der Waals surface area contributed by atoms with Crippen molar-refractivity contribution in [2.24, 2.45) is 17.1 Å². The van der Waals surface area contributed by atoms with E-state index < -0.39 is 12.3 Å². The van der Waals surface area contributed by atoms with Gasteiger partial charge in [-0.25, -0.2) is 18.7 Å². The van der Waals surface area contributed by atoms with E-state index in [1.807, 2.05) is 30.9 Å². The van der Waals surface area contributed by atoms with Crippen molar-refractivity contribution in [1.82, 2.24) is 24.6 Å². The molecule has 1 spiro atoms. The molecule has 3 aromatic heterocycles. The summed E-state index contributed by atoms with van der Waals surface area (Å²) >= 11 is 0. The Bertz CT molecular complexity index is 2150. The number of benzene rings is 1. The summed E-state index contributed by atoms with van der Waals surface area (Å²) in [6.45, 7) is 6.68. The molecule has 4 amide bonds. The number of ether oxygens (including phenoxy) is 1. The molecule has 1 atom stereocenters. The molecule has 8 rings (SSSR count). The minimum absolute atomic E-state index is 0.0755. The van der Waals surface area contributed by atoms with Gasteiger partial charge in [0.05, 0.1) is 34.7 Å². The summed E-state index contributed by atoms with van der Waals surface area (Å²) in [5.74, 6) is -0.702. The van der Waals surface area contributed by atoms with Crippen molar-refractivity contribution in [3.63, 3.8) is 0 Å². The first kappa shape index (κ1) is 36.6. The monoisotopic (exact) mass is 753 g/mol. The van der Waals surface area contributed by atoms with Crippen LogP contribution in [0.25, 0.3) is 17.0 Å². The van der Waals surface area contributed by atoms with Crippen LogP contribution in [0.5, 0.6) is 5.75 Å². The standard InChI is InChI=1S/C41H45F2N7O5/c1-23(2)55-32-17-33-46-36(37(50(33)20-29(32)39(44)53)30-4-3-5-31(45-30)38(42)43)26-12-14-48(15-13-26)35(52)16-24-18-41(19-24)21-49(22-41)27-8-6-25(7-9-27)28-10-11-34(51)47-40(28)54/h3-9,17,20,23-24,26,28,38H,10-16,18-19,21-22H2,1-2H3,(H2,44,53)(H,47,51,54). The minimum atomic E-state index is -2.76. The Morgan fingerprint density at radius 3 is 2.40 bits per heavy atom. The van der Waals surface area contributed by atoms with Crippen molar-refractivity contribution < 1.29 is 32.7 Å². The van der Waals surface area contributed by atoms with Gasteiger partial charge in [0.2, 0.25) is 17.7 Å². The van der Waals surface area contributed by atoms with Crippen LogP contribution in [0.1, 0.15) is 104 Å². The maximum absolute atomic E-state index is 13.8. The number of hydrogen-bond acceptors (Lipinski definition) is 8. The second kappa shape index (κ2) is 14.3. The Morgan fingerprint density at radius 1 is 1.02 bits per heavy atom. The van der Waals surface area contributed by atoms with Crippen molar-refractivity contribution in [2.75, 3.05) is 31.1 Å². The van der Waals surface area contributed by atoms with E-state index in [1.165, 1.54) is 12.1 Å². The van der Waals surface area contributed by atoms with Gasteiger partial charge >= 0.3 is 0 Å². The fourth-order valence-corrected chi connectivity index (χ4v) is 9.09. The largest absolute Gasteiger partial charge is 0.490 e. The second-order valence-corrected chi connectivity index (χ2v) is 16.0. The summed E-state index contributed by atoms with van der Waals surface area (Å²) in [5, 5.41) is 2.43. The molecular formula is C41H45F2N7O5. The van der Waals surface area contributed by atoms with Gasteiger partial charge in [0.15, 0.2) is 0 Å². The molecule has 0 bridgehead atoms. The molecule has 4 aliphatic rings. The number of pyridine rings is 2. The molecule has 1 aliphatic carbocycles. The van der Waals surface area contributed by atoms with E-state index in [4.69, 9.17) is 15.5 Å². The summed E-state index contributed by atoms with van der Waals surface area (Å²) < 4.78 is 35.1. The van der Waals surface area contributed by atoms with Gasteiger partial charge in [-0.05, 0) is 81.7 Å². The van der Waals surface area contributed by atoms with E-state index in [9.17, 15) is 28.0 Å². The SMILES string of the molecule is CC(C)Oc1cc2nc(C3CCN(C(=O)CC4CC5(C4)CN(c4ccc(C6CCC(=O)NC6=O)cc4)C5)CC3)c(-c3cccc(C(F)F)n3)n2cc1C(N)=O. The van der Waals surface area contributed by atoms with Gasteiger partial charge in [-0.3, -0.25) is 28.9 Å². The Hall–Kier alpha value is -5.40. The zero-order chi connectivity index (χ0) is 38.6. The number of piperidine rings is 2. The first-order valence-corrected chi connectivity index (χ1v) is 19.1. The van der Waals surface area contributed by atoms with Gasteiger partial charge in [0.1, 0.15) is 17.1 Å². The van der Waals surface area contributed by atoms with Gasteiger partial charge in [-0.1, -0.05) is 18.2 Å².